The van der Waals surface area contributed by atoms with Crippen LogP contribution in [0.5, 0.6) is 0 Å². The monoisotopic (exact) mass is 725 g/mol. The third kappa shape index (κ3) is 4.59. The van der Waals surface area contributed by atoms with Crippen LogP contribution in [0.1, 0.15) is 22.3 Å². The Morgan fingerprint density at radius 1 is 0.333 bits per heavy atom. The Kier molecular flexibility index (Phi) is 6.88. The highest BCUT2D eigenvalue weighted by Crippen LogP contribution is 2.64. The van der Waals surface area contributed by atoms with Crippen molar-refractivity contribution < 1.29 is 4.42 Å². The molecule has 0 radical (unpaired) electrons. The van der Waals surface area contributed by atoms with Crippen LogP contribution in [-0.2, 0) is 5.41 Å². The molecular formula is C55H35NO. The Morgan fingerprint density at radius 2 is 0.842 bits per heavy atom. The molecule has 9 aromatic carbocycles. The van der Waals surface area contributed by atoms with Crippen LogP contribution in [0.3, 0.4) is 0 Å². The number of nitrogens with zero attached hydrogens (tertiary/aromatic N) is 1. The van der Waals surface area contributed by atoms with E-state index in [1.165, 1.54) is 66.8 Å². The van der Waals surface area contributed by atoms with E-state index in [0.717, 1.165) is 39.0 Å². The van der Waals surface area contributed by atoms with E-state index in [1.54, 1.807) is 0 Å². The predicted octanol–water partition coefficient (Wildman–Crippen LogP) is 14.7. The number of anilines is 3. The van der Waals surface area contributed by atoms with Crippen molar-refractivity contribution in [1.82, 2.24) is 0 Å². The van der Waals surface area contributed by atoms with Gasteiger partial charge in [0.2, 0.25) is 0 Å². The average Bonchev–Trinajstić information content (AvgIpc) is 3.92. The molecule has 1 heterocycles. The third-order valence-electron chi connectivity index (χ3n) is 12.3. The Bertz CT molecular complexity index is 3080. The minimum absolute atomic E-state index is 0.527. The molecule has 2 heteroatoms. The molecule has 1 aromatic heterocycles. The van der Waals surface area contributed by atoms with Crippen molar-refractivity contribution in [3.8, 4) is 44.5 Å². The summed E-state index contributed by atoms with van der Waals surface area (Å²) in [6.07, 6.45) is 0. The summed E-state index contributed by atoms with van der Waals surface area (Å²) in [4.78, 5) is 2.41. The largest absolute Gasteiger partial charge is 0.455 e. The molecule has 1 unspecified atom stereocenters. The van der Waals surface area contributed by atoms with Gasteiger partial charge in [0.15, 0.2) is 0 Å². The number of furan rings is 1. The molecule has 10 aromatic rings. The van der Waals surface area contributed by atoms with E-state index >= 15 is 0 Å². The normalized spacial score (nSPS) is 14.7. The molecule has 57 heavy (non-hydrogen) atoms. The molecule has 2 nitrogen and oxygen atoms in total. The van der Waals surface area contributed by atoms with Gasteiger partial charge in [0.1, 0.15) is 11.2 Å². The summed E-state index contributed by atoms with van der Waals surface area (Å²) in [6, 6.07) is 77.3. The Hall–Kier alpha value is -7.42. The van der Waals surface area contributed by atoms with Crippen molar-refractivity contribution in [3.05, 3.63) is 235 Å². The number of fused-ring (bicyclic) bond motifs is 14. The zero-order valence-corrected chi connectivity index (χ0v) is 31.1. The van der Waals surface area contributed by atoms with E-state index in [-0.39, 0.29) is 0 Å². The molecule has 2 aliphatic carbocycles. The van der Waals surface area contributed by atoms with Crippen molar-refractivity contribution in [1.29, 1.82) is 0 Å². The molecule has 0 bridgehead atoms. The standard InChI is InChI=1S/C55H35NO/c1-3-13-36(14-4-1)38-23-27-40(28-24-38)56(41-29-25-39(26-30-41)37-15-5-2-6-16-37)42-31-32-44-43-17-7-10-20-48(43)55(51(44)35-42)49-21-11-8-19-47(49)53-50(55)34-33-46-45-18-9-12-22-52(45)57-54(46)53/h1-35H. The van der Waals surface area contributed by atoms with E-state index in [9.17, 15) is 0 Å². The van der Waals surface area contributed by atoms with E-state index in [1.807, 2.05) is 0 Å². The third-order valence-corrected chi connectivity index (χ3v) is 12.3. The molecule has 0 saturated carbocycles. The molecule has 1 spiro atoms. The predicted molar refractivity (Wildman–Crippen MR) is 236 cm³/mol. The minimum atomic E-state index is -0.527. The summed E-state index contributed by atoms with van der Waals surface area (Å²) in [5.41, 5.74) is 19.6. The molecule has 0 N–H and O–H groups in total. The maximum absolute atomic E-state index is 6.78. The van der Waals surface area contributed by atoms with Crippen LogP contribution in [0, 0.1) is 0 Å². The number of para-hydroxylation sites is 1. The minimum Gasteiger partial charge on any atom is -0.455 e. The van der Waals surface area contributed by atoms with Gasteiger partial charge < -0.3 is 9.32 Å². The molecule has 0 aliphatic heterocycles. The van der Waals surface area contributed by atoms with Crippen LogP contribution >= 0.6 is 0 Å². The van der Waals surface area contributed by atoms with Gasteiger partial charge in [0.25, 0.3) is 0 Å². The van der Waals surface area contributed by atoms with Crippen LogP contribution in [0.25, 0.3) is 66.4 Å². The summed E-state index contributed by atoms with van der Waals surface area (Å²) in [5, 5.41) is 2.30. The molecule has 2 aliphatic rings. The molecule has 0 amide bonds. The molecule has 1 atom stereocenters. The zero-order valence-electron chi connectivity index (χ0n) is 31.1. The fourth-order valence-corrected chi connectivity index (χ4v) is 9.84. The highest BCUT2D eigenvalue weighted by Gasteiger charge is 2.52. The molecule has 266 valence electrons. The molecule has 0 saturated heterocycles. The topological polar surface area (TPSA) is 16.4 Å². The van der Waals surface area contributed by atoms with Gasteiger partial charge >= 0.3 is 0 Å². The second kappa shape index (κ2) is 12.3. The van der Waals surface area contributed by atoms with E-state index < -0.39 is 5.41 Å². The van der Waals surface area contributed by atoms with Crippen LogP contribution < -0.4 is 4.90 Å². The maximum Gasteiger partial charge on any atom is 0.143 e. The van der Waals surface area contributed by atoms with Crippen LogP contribution in [0.15, 0.2) is 217 Å². The van der Waals surface area contributed by atoms with Gasteiger partial charge in [-0.2, -0.15) is 0 Å². The first-order valence-corrected chi connectivity index (χ1v) is 19.7. The lowest BCUT2D eigenvalue weighted by Crippen LogP contribution is -2.26. The summed E-state index contributed by atoms with van der Waals surface area (Å²) in [5.74, 6) is 0. The van der Waals surface area contributed by atoms with E-state index in [2.05, 4.69) is 217 Å². The van der Waals surface area contributed by atoms with E-state index in [0.29, 0.717) is 0 Å². The quantitative estimate of drug-likeness (QED) is 0.176. The first-order chi connectivity index (χ1) is 28.3. The van der Waals surface area contributed by atoms with Crippen LogP contribution in [0.4, 0.5) is 17.1 Å². The zero-order chi connectivity index (χ0) is 37.5. The van der Waals surface area contributed by atoms with Crippen LogP contribution in [0.2, 0.25) is 0 Å². The lowest BCUT2D eigenvalue weighted by atomic mass is 9.70. The molecule has 12 rings (SSSR count). The van der Waals surface area contributed by atoms with Gasteiger partial charge in [-0.1, -0.05) is 170 Å². The van der Waals surface area contributed by atoms with Gasteiger partial charge in [-0.15, -0.1) is 0 Å². The van der Waals surface area contributed by atoms with Crippen molar-refractivity contribution in [2.24, 2.45) is 0 Å². The number of hydrogen-bond acceptors (Lipinski definition) is 2. The summed E-state index contributed by atoms with van der Waals surface area (Å²) in [7, 11) is 0. The second-order valence-electron chi connectivity index (χ2n) is 15.2. The van der Waals surface area contributed by atoms with Gasteiger partial charge in [0.05, 0.1) is 5.41 Å². The van der Waals surface area contributed by atoms with Gasteiger partial charge in [0, 0.05) is 33.4 Å². The SMILES string of the molecule is c1ccc(-c2ccc(N(c3ccc(-c4ccccc4)cc3)c3ccc4c(c3)C3(c5ccccc5-4)c4ccccc4-c4c3ccc3c4oc4ccccc43)cc2)cc1. The smallest absolute Gasteiger partial charge is 0.143 e. The molecule has 0 fully saturated rings. The maximum atomic E-state index is 6.78. The first-order valence-electron chi connectivity index (χ1n) is 19.7. The summed E-state index contributed by atoms with van der Waals surface area (Å²) < 4.78 is 6.78. The van der Waals surface area contributed by atoms with Crippen molar-refractivity contribution in [3.63, 3.8) is 0 Å². The Labute approximate surface area is 331 Å². The van der Waals surface area contributed by atoms with E-state index in [4.69, 9.17) is 4.42 Å². The van der Waals surface area contributed by atoms with Crippen molar-refractivity contribution in [2.75, 3.05) is 4.90 Å². The summed E-state index contributed by atoms with van der Waals surface area (Å²) in [6.45, 7) is 0. The van der Waals surface area contributed by atoms with Gasteiger partial charge in [-0.05, 0) is 104 Å². The van der Waals surface area contributed by atoms with Gasteiger partial charge in [-0.25, -0.2) is 0 Å². The first kappa shape index (κ1) is 31.9. The van der Waals surface area contributed by atoms with Gasteiger partial charge in [-0.3, -0.25) is 0 Å². The lowest BCUT2D eigenvalue weighted by molar-refractivity contribution is 0.669. The lowest BCUT2D eigenvalue weighted by Gasteiger charge is -2.32. The van der Waals surface area contributed by atoms with Crippen molar-refractivity contribution in [2.45, 2.75) is 5.41 Å². The number of benzene rings is 9. The fourth-order valence-electron chi connectivity index (χ4n) is 9.84. The Morgan fingerprint density at radius 3 is 1.51 bits per heavy atom. The van der Waals surface area contributed by atoms with Crippen molar-refractivity contribution >= 4 is 39.0 Å². The molecular weight excluding hydrogens is 691 g/mol. The fraction of sp³-hybridized carbons (Fsp3) is 0.0182. The highest BCUT2D eigenvalue weighted by molar-refractivity contribution is 6.13. The highest BCUT2D eigenvalue weighted by atomic mass is 16.3. The number of hydrogen-bond donors (Lipinski definition) is 0. The van der Waals surface area contributed by atoms with Crippen LogP contribution in [-0.4, -0.2) is 0 Å². The summed E-state index contributed by atoms with van der Waals surface area (Å²) >= 11 is 0. The second-order valence-corrected chi connectivity index (χ2v) is 15.2. The number of rotatable bonds is 5. The Balaban J connectivity index is 1.09. The average molecular weight is 726 g/mol.